The lowest BCUT2D eigenvalue weighted by atomic mass is 10.1. The molecule has 26 heavy (non-hydrogen) atoms. The van der Waals surface area contributed by atoms with E-state index in [1.807, 2.05) is 31.4 Å². The van der Waals surface area contributed by atoms with Crippen molar-refractivity contribution in [3.05, 3.63) is 42.4 Å². The highest BCUT2D eigenvalue weighted by Crippen LogP contribution is 2.45. The lowest BCUT2D eigenvalue weighted by Gasteiger charge is -2.22. The Labute approximate surface area is 172 Å². The van der Waals surface area contributed by atoms with Crippen molar-refractivity contribution >= 4 is 29.9 Å². The average Bonchev–Trinajstić information content (AvgIpc) is 3.28. The number of hydrogen-bond acceptors (Lipinski definition) is 3. The quantitative estimate of drug-likeness (QED) is 0.331. The van der Waals surface area contributed by atoms with Crippen LogP contribution in [0.3, 0.4) is 0 Å². The van der Waals surface area contributed by atoms with Crippen LogP contribution in [-0.2, 0) is 6.54 Å². The Bertz CT molecular complexity index is 712. The third-order valence-corrected chi connectivity index (χ3v) is 4.65. The molecule has 3 N–H and O–H groups in total. The molecule has 0 saturated heterocycles. The van der Waals surface area contributed by atoms with Crippen molar-refractivity contribution in [1.29, 1.82) is 0 Å². The van der Waals surface area contributed by atoms with E-state index in [2.05, 4.69) is 39.2 Å². The highest BCUT2D eigenvalue weighted by Gasteiger charge is 2.41. The number of nitrogens with one attached hydrogen (secondary N) is 2. The summed E-state index contributed by atoms with van der Waals surface area (Å²) in [5.41, 5.74) is 2.17. The Hall–Kier alpha value is -1.61. The standard InChI is InChI=1S/C19H27N5O.HI/c1-3-20-18(22-13-19(14-25)9-10-19)24(2)12-17-21-11-16(23-17)15-7-5-4-6-8-15;/h4-8,11,25H,3,9-10,12-14H2,1-2H3,(H,20,22)(H,21,23);1H. The molecule has 1 aliphatic rings. The van der Waals surface area contributed by atoms with Crippen molar-refractivity contribution in [2.45, 2.75) is 26.3 Å². The zero-order valence-corrected chi connectivity index (χ0v) is 17.7. The van der Waals surface area contributed by atoms with Crippen molar-refractivity contribution in [3.8, 4) is 11.3 Å². The number of H-pyrrole nitrogens is 1. The van der Waals surface area contributed by atoms with Crippen LogP contribution >= 0.6 is 24.0 Å². The maximum absolute atomic E-state index is 9.47. The molecule has 1 heterocycles. The van der Waals surface area contributed by atoms with Crippen LogP contribution in [0.15, 0.2) is 41.5 Å². The first-order valence-electron chi connectivity index (χ1n) is 8.85. The molecule has 142 valence electrons. The topological polar surface area (TPSA) is 76.5 Å². The summed E-state index contributed by atoms with van der Waals surface area (Å²) in [6, 6.07) is 10.2. The molecular weight excluding hydrogens is 441 g/mol. The summed E-state index contributed by atoms with van der Waals surface area (Å²) in [5.74, 6) is 1.75. The van der Waals surface area contributed by atoms with Crippen molar-refractivity contribution in [2.24, 2.45) is 10.4 Å². The van der Waals surface area contributed by atoms with E-state index in [0.717, 1.165) is 42.4 Å². The van der Waals surface area contributed by atoms with Gasteiger partial charge in [-0.25, -0.2) is 4.98 Å². The number of guanidine groups is 1. The van der Waals surface area contributed by atoms with Crippen molar-refractivity contribution in [1.82, 2.24) is 20.2 Å². The number of aliphatic imine (C=N–C) groups is 1. The van der Waals surface area contributed by atoms with E-state index in [0.29, 0.717) is 13.1 Å². The Kier molecular flexibility index (Phi) is 7.45. The van der Waals surface area contributed by atoms with Gasteiger partial charge in [0, 0.05) is 19.0 Å². The summed E-state index contributed by atoms with van der Waals surface area (Å²) in [4.78, 5) is 14.6. The first kappa shape index (κ1) is 20.7. The van der Waals surface area contributed by atoms with E-state index < -0.39 is 0 Å². The monoisotopic (exact) mass is 469 g/mol. The highest BCUT2D eigenvalue weighted by molar-refractivity contribution is 14.0. The zero-order chi connectivity index (χ0) is 17.7. The van der Waals surface area contributed by atoms with E-state index in [1.54, 1.807) is 0 Å². The number of imidazole rings is 1. The molecular formula is C19H28IN5O. The Morgan fingerprint density at radius 1 is 1.35 bits per heavy atom. The largest absolute Gasteiger partial charge is 0.396 e. The van der Waals surface area contributed by atoms with Gasteiger partial charge in [0.15, 0.2) is 5.96 Å². The molecule has 1 aromatic heterocycles. The smallest absolute Gasteiger partial charge is 0.194 e. The van der Waals surface area contributed by atoms with Crippen molar-refractivity contribution < 1.29 is 5.11 Å². The van der Waals surface area contributed by atoms with Crippen LogP contribution < -0.4 is 5.32 Å². The second-order valence-corrected chi connectivity index (χ2v) is 6.79. The van der Waals surface area contributed by atoms with Gasteiger partial charge >= 0.3 is 0 Å². The molecule has 0 aliphatic heterocycles. The second-order valence-electron chi connectivity index (χ2n) is 6.79. The number of aromatic nitrogens is 2. The van der Waals surface area contributed by atoms with Crippen LogP contribution in [-0.4, -0.2) is 52.7 Å². The number of aliphatic hydroxyl groups is 1. The third-order valence-electron chi connectivity index (χ3n) is 4.65. The van der Waals surface area contributed by atoms with Crippen LogP contribution in [0.1, 0.15) is 25.6 Å². The van der Waals surface area contributed by atoms with Gasteiger partial charge in [-0.15, -0.1) is 24.0 Å². The summed E-state index contributed by atoms with van der Waals surface area (Å²) in [5, 5.41) is 12.8. The predicted octanol–water partition coefficient (Wildman–Crippen LogP) is 2.86. The van der Waals surface area contributed by atoms with E-state index in [-0.39, 0.29) is 36.0 Å². The minimum absolute atomic E-state index is 0. The number of rotatable bonds is 7. The van der Waals surface area contributed by atoms with Crippen LogP contribution in [0.4, 0.5) is 0 Å². The number of aromatic amines is 1. The molecule has 1 saturated carbocycles. The molecule has 0 bridgehead atoms. The molecule has 1 aromatic carbocycles. The second kappa shape index (κ2) is 9.36. The molecule has 0 unspecified atom stereocenters. The van der Waals surface area contributed by atoms with Crippen LogP contribution in [0.25, 0.3) is 11.3 Å². The molecule has 7 heteroatoms. The average molecular weight is 469 g/mol. The SMILES string of the molecule is CCNC(=NCC1(CO)CC1)N(C)Cc1ncc(-c2ccccc2)[nH]1.I. The van der Waals surface area contributed by atoms with E-state index >= 15 is 0 Å². The lowest BCUT2D eigenvalue weighted by molar-refractivity contribution is 0.216. The number of nitrogens with zero attached hydrogens (tertiary/aromatic N) is 3. The van der Waals surface area contributed by atoms with Crippen molar-refractivity contribution in [2.75, 3.05) is 26.7 Å². The first-order chi connectivity index (χ1) is 12.2. The highest BCUT2D eigenvalue weighted by atomic mass is 127. The van der Waals surface area contributed by atoms with Crippen molar-refractivity contribution in [3.63, 3.8) is 0 Å². The van der Waals surface area contributed by atoms with Gasteiger partial charge in [-0.3, -0.25) is 4.99 Å². The fraction of sp³-hybridized carbons (Fsp3) is 0.474. The van der Waals surface area contributed by atoms with Gasteiger partial charge in [-0.2, -0.15) is 0 Å². The summed E-state index contributed by atoms with van der Waals surface area (Å²) < 4.78 is 0. The van der Waals surface area contributed by atoms with Gasteiger partial charge in [0.05, 0.1) is 31.6 Å². The minimum atomic E-state index is 0. The molecule has 1 fully saturated rings. The van der Waals surface area contributed by atoms with Gasteiger partial charge in [0.25, 0.3) is 0 Å². The van der Waals surface area contributed by atoms with Gasteiger partial charge in [-0.05, 0) is 25.3 Å². The van der Waals surface area contributed by atoms with Gasteiger partial charge in [0.2, 0.25) is 0 Å². The molecule has 2 aromatic rings. The minimum Gasteiger partial charge on any atom is -0.396 e. The number of hydrogen-bond donors (Lipinski definition) is 3. The third kappa shape index (κ3) is 5.20. The van der Waals surface area contributed by atoms with Gasteiger partial charge < -0.3 is 20.3 Å². The Balaban J connectivity index is 0.00000243. The maximum Gasteiger partial charge on any atom is 0.194 e. The molecule has 0 amide bonds. The van der Waals surface area contributed by atoms with Crippen LogP contribution in [0.2, 0.25) is 0 Å². The van der Waals surface area contributed by atoms with Crippen LogP contribution in [0.5, 0.6) is 0 Å². The molecule has 0 spiro atoms. The van der Waals surface area contributed by atoms with E-state index in [4.69, 9.17) is 4.99 Å². The first-order valence-corrected chi connectivity index (χ1v) is 8.85. The molecule has 1 aliphatic carbocycles. The molecule has 0 radical (unpaired) electrons. The lowest BCUT2D eigenvalue weighted by Crippen LogP contribution is -2.39. The van der Waals surface area contributed by atoms with Gasteiger partial charge in [0.1, 0.15) is 5.82 Å². The van der Waals surface area contributed by atoms with Gasteiger partial charge in [-0.1, -0.05) is 30.3 Å². The fourth-order valence-electron chi connectivity index (χ4n) is 2.76. The normalized spacial score (nSPS) is 15.3. The van der Waals surface area contributed by atoms with E-state index in [9.17, 15) is 5.11 Å². The van der Waals surface area contributed by atoms with Crippen LogP contribution in [0, 0.1) is 5.41 Å². The Morgan fingerprint density at radius 2 is 2.08 bits per heavy atom. The summed E-state index contributed by atoms with van der Waals surface area (Å²) in [6.45, 7) is 4.40. The molecule has 6 nitrogen and oxygen atoms in total. The summed E-state index contributed by atoms with van der Waals surface area (Å²) in [6.07, 6.45) is 4.00. The number of benzene rings is 1. The number of halogens is 1. The molecule has 0 atom stereocenters. The fourth-order valence-corrected chi connectivity index (χ4v) is 2.76. The van der Waals surface area contributed by atoms with E-state index in [1.165, 1.54) is 0 Å². The maximum atomic E-state index is 9.47. The molecule has 3 rings (SSSR count). The number of aliphatic hydroxyl groups excluding tert-OH is 1. The zero-order valence-electron chi connectivity index (χ0n) is 15.4. The summed E-state index contributed by atoms with van der Waals surface area (Å²) in [7, 11) is 2.00. The summed E-state index contributed by atoms with van der Waals surface area (Å²) >= 11 is 0. The Morgan fingerprint density at radius 3 is 2.69 bits per heavy atom. The predicted molar refractivity (Wildman–Crippen MR) is 116 cm³/mol.